The SMILES string of the molecule is CC[C@]1(C)c2cc3n(c(=O)c2COC(=O)[C@H]1OC)Cc1c-3nc2ccccc2c1-c1cnn(C)c1. The lowest BCUT2D eigenvalue weighted by Gasteiger charge is -2.33. The largest absolute Gasteiger partial charge is 0.459 e. The molecule has 8 nitrogen and oxygen atoms in total. The van der Waals surface area contributed by atoms with E-state index >= 15 is 0 Å². The van der Waals surface area contributed by atoms with E-state index < -0.39 is 17.5 Å². The van der Waals surface area contributed by atoms with Crippen LogP contribution in [-0.2, 0) is 39.9 Å². The van der Waals surface area contributed by atoms with Crippen LogP contribution in [0.4, 0.5) is 0 Å². The Labute approximate surface area is 202 Å². The van der Waals surface area contributed by atoms with Crippen LogP contribution in [0.25, 0.3) is 33.4 Å². The molecule has 4 aromatic rings. The van der Waals surface area contributed by atoms with Gasteiger partial charge in [0, 0.05) is 47.8 Å². The predicted octanol–water partition coefficient (Wildman–Crippen LogP) is 3.57. The van der Waals surface area contributed by atoms with E-state index in [-0.39, 0.29) is 12.2 Å². The summed E-state index contributed by atoms with van der Waals surface area (Å²) in [5.74, 6) is -0.444. The maximum absolute atomic E-state index is 13.9. The maximum atomic E-state index is 13.9. The summed E-state index contributed by atoms with van der Waals surface area (Å²) in [6.45, 7) is 4.29. The molecule has 0 fully saturated rings. The third-order valence-corrected chi connectivity index (χ3v) is 7.68. The van der Waals surface area contributed by atoms with Crippen LogP contribution in [0.15, 0.2) is 47.5 Å². The zero-order valence-corrected chi connectivity index (χ0v) is 20.2. The van der Waals surface area contributed by atoms with E-state index in [4.69, 9.17) is 14.5 Å². The fourth-order valence-corrected chi connectivity index (χ4v) is 5.70. The predicted molar refractivity (Wildman–Crippen MR) is 131 cm³/mol. The second-order valence-electron chi connectivity index (χ2n) is 9.54. The number of pyridine rings is 2. The molecule has 0 aliphatic carbocycles. The molecule has 0 bridgehead atoms. The third kappa shape index (κ3) is 2.96. The highest BCUT2D eigenvalue weighted by Crippen LogP contribution is 2.44. The number of hydrogen-bond donors (Lipinski definition) is 0. The van der Waals surface area contributed by atoms with Crippen LogP contribution in [0.1, 0.15) is 37.0 Å². The molecular weight excluding hydrogens is 444 g/mol. The number of ether oxygens (including phenoxy) is 2. The number of esters is 1. The average Bonchev–Trinajstić information content (AvgIpc) is 3.42. The number of aryl methyl sites for hydroxylation is 1. The number of carbonyl (C=O) groups excluding carboxylic acids is 1. The van der Waals surface area contributed by atoms with Gasteiger partial charge in [-0.15, -0.1) is 0 Å². The van der Waals surface area contributed by atoms with Gasteiger partial charge in [-0.1, -0.05) is 32.0 Å². The number of methoxy groups -OCH3 is 1. The van der Waals surface area contributed by atoms with Gasteiger partial charge in [-0.25, -0.2) is 9.78 Å². The molecule has 5 heterocycles. The molecule has 2 aliphatic rings. The van der Waals surface area contributed by atoms with Crippen molar-refractivity contribution in [2.75, 3.05) is 7.11 Å². The van der Waals surface area contributed by atoms with Gasteiger partial charge >= 0.3 is 5.97 Å². The number of para-hydroxylation sites is 1. The zero-order valence-electron chi connectivity index (χ0n) is 20.2. The van der Waals surface area contributed by atoms with E-state index in [9.17, 15) is 9.59 Å². The van der Waals surface area contributed by atoms with Crippen molar-refractivity contribution >= 4 is 16.9 Å². The van der Waals surface area contributed by atoms with Crippen LogP contribution in [-0.4, -0.2) is 38.5 Å². The smallest absolute Gasteiger partial charge is 0.336 e. The summed E-state index contributed by atoms with van der Waals surface area (Å²) >= 11 is 0. The van der Waals surface area contributed by atoms with E-state index in [0.717, 1.165) is 44.5 Å². The Balaban J connectivity index is 1.67. The summed E-state index contributed by atoms with van der Waals surface area (Å²) < 4.78 is 14.6. The molecule has 0 amide bonds. The highest BCUT2D eigenvalue weighted by molar-refractivity contribution is 5.99. The summed E-state index contributed by atoms with van der Waals surface area (Å²) in [6, 6.07) is 10.0. The standard InChI is InChI=1S/C27H26N4O4/c1-5-27(2)19-10-21-23-17(13-31(21)25(32)18(19)14-35-26(33)24(27)34-4)22(15-11-28-30(3)12-15)16-8-6-7-9-20(16)29-23/h6-12,24H,5,13-14H2,1-4H3/t24-,27-/m1/s1. The molecule has 6 rings (SSSR count). The minimum atomic E-state index is -0.799. The van der Waals surface area contributed by atoms with Gasteiger partial charge in [-0.05, 0) is 24.1 Å². The van der Waals surface area contributed by atoms with Crippen molar-refractivity contribution in [3.8, 4) is 22.5 Å². The van der Waals surface area contributed by atoms with Crippen LogP contribution < -0.4 is 5.56 Å². The number of fused-ring (bicyclic) bond motifs is 5. The molecule has 2 aliphatic heterocycles. The summed E-state index contributed by atoms with van der Waals surface area (Å²) in [4.78, 5) is 31.6. The van der Waals surface area contributed by atoms with Crippen molar-refractivity contribution in [3.63, 3.8) is 0 Å². The van der Waals surface area contributed by atoms with E-state index in [2.05, 4.69) is 11.2 Å². The molecule has 3 aromatic heterocycles. The number of hydrogen-bond acceptors (Lipinski definition) is 6. The third-order valence-electron chi connectivity index (χ3n) is 7.68. The number of rotatable bonds is 3. The molecule has 0 unspecified atom stereocenters. The Morgan fingerprint density at radius 3 is 2.74 bits per heavy atom. The van der Waals surface area contributed by atoms with E-state index in [0.29, 0.717) is 18.5 Å². The first kappa shape index (κ1) is 21.7. The molecule has 0 saturated heterocycles. The van der Waals surface area contributed by atoms with Crippen molar-refractivity contribution < 1.29 is 14.3 Å². The molecule has 0 saturated carbocycles. The monoisotopic (exact) mass is 470 g/mol. The van der Waals surface area contributed by atoms with E-state index in [1.807, 2.05) is 57.6 Å². The van der Waals surface area contributed by atoms with Gasteiger partial charge in [0.05, 0.1) is 35.2 Å². The molecular formula is C27H26N4O4. The van der Waals surface area contributed by atoms with Gasteiger partial charge in [-0.2, -0.15) is 5.10 Å². The Morgan fingerprint density at radius 1 is 1.23 bits per heavy atom. The van der Waals surface area contributed by atoms with Crippen molar-refractivity contribution in [1.29, 1.82) is 0 Å². The van der Waals surface area contributed by atoms with Crippen molar-refractivity contribution in [3.05, 3.63) is 69.8 Å². The fraction of sp³-hybridized carbons (Fsp3) is 0.333. The topological polar surface area (TPSA) is 88.2 Å². The Bertz CT molecular complexity index is 1580. The van der Waals surface area contributed by atoms with Crippen molar-refractivity contribution in [1.82, 2.24) is 19.3 Å². The lowest BCUT2D eigenvalue weighted by Crippen LogP contribution is -2.43. The molecule has 0 N–H and O–H groups in total. The van der Waals surface area contributed by atoms with Gasteiger partial charge in [0.1, 0.15) is 6.61 Å². The quantitative estimate of drug-likeness (QED) is 0.375. The highest BCUT2D eigenvalue weighted by Gasteiger charge is 2.46. The number of benzene rings is 1. The Morgan fingerprint density at radius 2 is 2.03 bits per heavy atom. The normalized spacial score (nSPS) is 20.8. The van der Waals surface area contributed by atoms with Crippen LogP contribution >= 0.6 is 0 Å². The number of carbonyl (C=O) groups is 1. The Hall–Kier alpha value is -3.78. The minimum absolute atomic E-state index is 0.0655. The molecule has 1 aromatic carbocycles. The lowest BCUT2D eigenvalue weighted by atomic mass is 9.73. The number of nitrogens with zero attached hydrogens (tertiary/aromatic N) is 4. The van der Waals surface area contributed by atoms with Gasteiger partial charge in [-0.3, -0.25) is 9.48 Å². The molecule has 0 radical (unpaired) electrons. The summed E-state index contributed by atoms with van der Waals surface area (Å²) in [7, 11) is 3.40. The average molecular weight is 471 g/mol. The maximum Gasteiger partial charge on any atom is 0.336 e. The van der Waals surface area contributed by atoms with E-state index in [1.54, 1.807) is 9.25 Å². The second kappa shape index (κ2) is 7.61. The van der Waals surface area contributed by atoms with Gasteiger partial charge in [0.25, 0.3) is 5.56 Å². The fourth-order valence-electron chi connectivity index (χ4n) is 5.70. The van der Waals surface area contributed by atoms with Crippen LogP contribution in [0, 0.1) is 0 Å². The van der Waals surface area contributed by atoms with Gasteiger partial charge in [0.2, 0.25) is 0 Å². The van der Waals surface area contributed by atoms with Gasteiger partial charge in [0.15, 0.2) is 6.10 Å². The zero-order chi connectivity index (χ0) is 24.5. The molecule has 2 atom stereocenters. The van der Waals surface area contributed by atoms with Crippen LogP contribution in [0.5, 0.6) is 0 Å². The second-order valence-corrected chi connectivity index (χ2v) is 9.54. The first-order valence-electron chi connectivity index (χ1n) is 11.7. The molecule has 35 heavy (non-hydrogen) atoms. The lowest BCUT2D eigenvalue weighted by molar-refractivity contribution is -0.160. The van der Waals surface area contributed by atoms with Crippen molar-refractivity contribution in [2.24, 2.45) is 7.05 Å². The Kier molecular flexibility index (Phi) is 4.73. The van der Waals surface area contributed by atoms with Crippen molar-refractivity contribution in [2.45, 2.75) is 44.9 Å². The molecule has 0 spiro atoms. The van der Waals surface area contributed by atoms with Crippen LogP contribution in [0.2, 0.25) is 0 Å². The summed E-state index contributed by atoms with van der Waals surface area (Å²) in [5.41, 5.74) is 5.84. The summed E-state index contributed by atoms with van der Waals surface area (Å²) in [6.07, 6.45) is 3.64. The highest BCUT2D eigenvalue weighted by atomic mass is 16.6. The molecule has 8 heteroatoms. The number of aromatic nitrogens is 4. The first-order chi connectivity index (χ1) is 16.9. The van der Waals surface area contributed by atoms with E-state index in [1.165, 1.54) is 7.11 Å². The molecule has 178 valence electrons. The summed E-state index contributed by atoms with van der Waals surface area (Å²) in [5, 5.41) is 5.41. The van der Waals surface area contributed by atoms with Gasteiger partial charge < -0.3 is 14.0 Å². The number of cyclic esters (lactones) is 1. The first-order valence-corrected chi connectivity index (χ1v) is 11.7. The van der Waals surface area contributed by atoms with Crippen LogP contribution in [0.3, 0.4) is 0 Å². The minimum Gasteiger partial charge on any atom is -0.459 e.